The molecule has 12 heavy (non-hydrogen) atoms. The predicted molar refractivity (Wildman–Crippen MR) is 46.6 cm³/mol. The Bertz CT molecular complexity index is 412. The van der Waals surface area contributed by atoms with E-state index in [2.05, 4.69) is 26.0 Å². The molecule has 0 atom stereocenters. The highest BCUT2D eigenvalue weighted by Crippen LogP contribution is 2.16. The molecule has 0 aliphatic carbocycles. The van der Waals surface area contributed by atoms with E-state index in [4.69, 9.17) is 5.11 Å². The number of aliphatic hydroxyl groups is 1. The molecule has 0 amide bonds. The maximum atomic E-state index is 8.89. The fraction of sp³-hybridized carbons (Fsp3) is 0.143. The number of imidazole rings is 1. The van der Waals surface area contributed by atoms with E-state index in [1.165, 1.54) is 0 Å². The van der Waals surface area contributed by atoms with Crippen LogP contribution in [0.2, 0.25) is 0 Å². The van der Waals surface area contributed by atoms with Crippen LogP contribution in [-0.4, -0.2) is 19.7 Å². The van der Waals surface area contributed by atoms with Crippen LogP contribution in [0.25, 0.3) is 5.65 Å². The van der Waals surface area contributed by atoms with Gasteiger partial charge in [0, 0.05) is 6.20 Å². The standard InChI is InChI=1S/C7H6BrN3O/c8-7-5(4-12)10-6-2-1-3-9-11(6)7/h1-3,12H,4H2. The minimum atomic E-state index is -0.0794. The van der Waals surface area contributed by atoms with Gasteiger partial charge in [0.25, 0.3) is 0 Å². The van der Waals surface area contributed by atoms with Gasteiger partial charge in [0.15, 0.2) is 5.65 Å². The minimum absolute atomic E-state index is 0.0794. The average molecular weight is 228 g/mol. The number of fused-ring (bicyclic) bond motifs is 1. The van der Waals surface area contributed by atoms with E-state index in [0.29, 0.717) is 10.3 Å². The fourth-order valence-electron chi connectivity index (χ4n) is 1.01. The molecule has 2 rings (SSSR count). The highest BCUT2D eigenvalue weighted by Gasteiger charge is 2.07. The van der Waals surface area contributed by atoms with Crippen molar-refractivity contribution in [2.45, 2.75) is 6.61 Å². The van der Waals surface area contributed by atoms with Crippen molar-refractivity contribution in [3.8, 4) is 0 Å². The van der Waals surface area contributed by atoms with Gasteiger partial charge in [0.05, 0.1) is 6.61 Å². The summed E-state index contributed by atoms with van der Waals surface area (Å²) in [5.41, 5.74) is 1.34. The van der Waals surface area contributed by atoms with Crippen molar-refractivity contribution in [2.24, 2.45) is 0 Å². The molecule has 0 aliphatic heterocycles. The number of hydrogen-bond donors (Lipinski definition) is 1. The first kappa shape index (κ1) is 7.70. The number of nitrogens with zero attached hydrogens (tertiary/aromatic N) is 3. The van der Waals surface area contributed by atoms with Crippen molar-refractivity contribution >= 4 is 21.6 Å². The Morgan fingerprint density at radius 3 is 3.08 bits per heavy atom. The molecule has 0 saturated carbocycles. The molecule has 2 heterocycles. The molecule has 2 aromatic rings. The fourth-order valence-corrected chi connectivity index (χ4v) is 1.49. The first-order valence-electron chi connectivity index (χ1n) is 3.42. The molecule has 2 aromatic heterocycles. The number of aromatic nitrogens is 3. The zero-order valence-corrected chi connectivity index (χ0v) is 7.69. The first-order chi connectivity index (χ1) is 5.83. The van der Waals surface area contributed by atoms with E-state index in [0.717, 1.165) is 5.65 Å². The first-order valence-corrected chi connectivity index (χ1v) is 4.21. The molecule has 0 unspecified atom stereocenters. The van der Waals surface area contributed by atoms with E-state index in [9.17, 15) is 0 Å². The van der Waals surface area contributed by atoms with Crippen LogP contribution in [0, 0.1) is 0 Å². The van der Waals surface area contributed by atoms with Gasteiger partial charge in [-0.25, -0.2) is 9.50 Å². The third kappa shape index (κ3) is 1.02. The van der Waals surface area contributed by atoms with Crippen LogP contribution < -0.4 is 0 Å². The topological polar surface area (TPSA) is 50.4 Å². The van der Waals surface area contributed by atoms with Crippen LogP contribution >= 0.6 is 15.9 Å². The Morgan fingerprint density at radius 1 is 1.58 bits per heavy atom. The van der Waals surface area contributed by atoms with Crippen LogP contribution in [0.15, 0.2) is 22.9 Å². The zero-order chi connectivity index (χ0) is 8.55. The molecule has 0 aliphatic rings. The molecule has 1 N–H and O–H groups in total. The van der Waals surface area contributed by atoms with E-state index < -0.39 is 0 Å². The van der Waals surface area contributed by atoms with Gasteiger partial charge in [-0.2, -0.15) is 5.10 Å². The average Bonchev–Trinajstić information content (AvgIpc) is 2.44. The van der Waals surface area contributed by atoms with Gasteiger partial charge in [-0.05, 0) is 28.1 Å². The van der Waals surface area contributed by atoms with Crippen molar-refractivity contribution in [3.63, 3.8) is 0 Å². The Kier molecular flexibility index (Phi) is 1.82. The minimum Gasteiger partial charge on any atom is -0.390 e. The number of halogens is 1. The van der Waals surface area contributed by atoms with Crippen molar-refractivity contribution in [1.29, 1.82) is 0 Å². The lowest BCUT2D eigenvalue weighted by Crippen LogP contribution is -1.89. The summed E-state index contributed by atoms with van der Waals surface area (Å²) < 4.78 is 2.34. The van der Waals surface area contributed by atoms with Gasteiger partial charge >= 0.3 is 0 Å². The largest absolute Gasteiger partial charge is 0.390 e. The molecular formula is C7H6BrN3O. The summed E-state index contributed by atoms with van der Waals surface area (Å²) in [6.45, 7) is -0.0794. The second-order valence-electron chi connectivity index (χ2n) is 2.30. The van der Waals surface area contributed by atoms with E-state index in [1.807, 2.05) is 6.07 Å². The lowest BCUT2D eigenvalue weighted by atomic mass is 10.5. The molecule has 5 heteroatoms. The summed E-state index contributed by atoms with van der Waals surface area (Å²) in [7, 11) is 0. The normalized spacial score (nSPS) is 10.8. The molecule has 0 saturated heterocycles. The van der Waals surface area contributed by atoms with Crippen LogP contribution in [-0.2, 0) is 6.61 Å². The van der Waals surface area contributed by atoms with E-state index >= 15 is 0 Å². The van der Waals surface area contributed by atoms with Gasteiger partial charge in [-0.3, -0.25) is 0 Å². The lowest BCUT2D eigenvalue weighted by Gasteiger charge is -1.90. The van der Waals surface area contributed by atoms with Crippen molar-refractivity contribution in [1.82, 2.24) is 14.6 Å². The number of aliphatic hydroxyl groups excluding tert-OH is 1. The van der Waals surface area contributed by atoms with Gasteiger partial charge in [-0.15, -0.1) is 0 Å². The summed E-state index contributed by atoms with van der Waals surface area (Å²) in [5, 5.41) is 12.9. The van der Waals surface area contributed by atoms with Gasteiger partial charge < -0.3 is 5.11 Å². The van der Waals surface area contributed by atoms with E-state index in [-0.39, 0.29) is 6.61 Å². The van der Waals surface area contributed by atoms with Crippen LogP contribution in [0.5, 0.6) is 0 Å². The Morgan fingerprint density at radius 2 is 2.42 bits per heavy atom. The molecule has 4 nitrogen and oxygen atoms in total. The zero-order valence-electron chi connectivity index (χ0n) is 6.11. The quantitative estimate of drug-likeness (QED) is 0.791. The molecule has 62 valence electrons. The third-order valence-corrected chi connectivity index (χ3v) is 2.35. The molecular weight excluding hydrogens is 222 g/mol. The number of rotatable bonds is 1. The van der Waals surface area contributed by atoms with Gasteiger partial charge in [0.2, 0.25) is 0 Å². The lowest BCUT2D eigenvalue weighted by molar-refractivity contribution is 0.276. The van der Waals surface area contributed by atoms with Crippen molar-refractivity contribution in [3.05, 3.63) is 28.6 Å². The maximum Gasteiger partial charge on any atom is 0.155 e. The second-order valence-corrected chi connectivity index (χ2v) is 3.05. The monoisotopic (exact) mass is 227 g/mol. The second kappa shape index (κ2) is 2.84. The molecule has 0 bridgehead atoms. The predicted octanol–water partition coefficient (Wildman–Crippen LogP) is 0.984. The maximum absolute atomic E-state index is 8.89. The van der Waals surface area contributed by atoms with Crippen LogP contribution in [0.1, 0.15) is 5.69 Å². The van der Waals surface area contributed by atoms with Crippen LogP contribution in [0.4, 0.5) is 0 Å². The van der Waals surface area contributed by atoms with Crippen molar-refractivity contribution in [2.75, 3.05) is 0 Å². The summed E-state index contributed by atoms with van der Waals surface area (Å²) in [5.74, 6) is 0. The SMILES string of the molecule is OCc1nc2cccnn2c1Br. The Hall–Kier alpha value is -0.940. The third-order valence-electron chi connectivity index (χ3n) is 1.55. The summed E-state index contributed by atoms with van der Waals surface area (Å²) in [6, 6.07) is 3.63. The summed E-state index contributed by atoms with van der Waals surface area (Å²) >= 11 is 3.29. The van der Waals surface area contributed by atoms with Gasteiger partial charge in [0.1, 0.15) is 10.3 Å². The smallest absolute Gasteiger partial charge is 0.155 e. The van der Waals surface area contributed by atoms with Crippen LogP contribution in [0.3, 0.4) is 0 Å². The molecule has 0 aromatic carbocycles. The summed E-state index contributed by atoms with van der Waals surface area (Å²) in [6.07, 6.45) is 1.67. The highest BCUT2D eigenvalue weighted by atomic mass is 79.9. The highest BCUT2D eigenvalue weighted by molar-refractivity contribution is 9.10. The summed E-state index contributed by atoms with van der Waals surface area (Å²) in [4.78, 5) is 4.13. The Labute approximate surface area is 77.0 Å². The van der Waals surface area contributed by atoms with Gasteiger partial charge in [-0.1, -0.05) is 0 Å². The molecule has 0 radical (unpaired) electrons. The Balaban J connectivity index is 2.78. The molecule has 0 fully saturated rings. The molecule has 0 spiro atoms. The van der Waals surface area contributed by atoms with Crippen molar-refractivity contribution < 1.29 is 5.11 Å². The number of hydrogen-bond acceptors (Lipinski definition) is 3. The van der Waals surface area contributed by atoms with E-state index in [1.54, 1.807) is 16.8 Å².